The molecule has 0 aromatic carbocycles. The van der Waals surface area contributed by atoms with Crippen molar-refractivity contribution in [1.29, 1.82) is 0 Å². The first-order valence-corrected chi connectivity index (χ1v) is 12.2. The van der Waals surface area contributed by atoms with Crippen molar-refractivity contribution in [1.82, 2.24) is 0 Å². The summed E-state index contributed by atoms with van der Waals surface area (Å²) in [4.78, 5) is 0. The van der Waals surface area contributed by atoms with Crippen LogP contribution in [0.3, 0.4) is 0 Å². The Hall–Kier alpha value is -1.22. The highest BCUT2D eigenvalue weighted by Gasteiger charge is 2.86. The Bertz CT molecular complexity index is 906. The van der Waals surface area contributed by atoms with Gasteiger partial charge in [0, 0.05) is 5.92 Å². The molecule has 15 heteroatoms. The number of allylic oxidation sites excluding steroid dienone is 2. The average molecular weight is 576 g/mol. The lowest BCUT2D eigenvalue weighted by atomic mass is 9.66. The second-order valence-electron chi connectivity index (χ2n) is 11.2. The summed E-state index contributed by atoms with van der Waals surface area (Å²) in [5.41, 5.74) is -8.74. The minimum absolute atomic E-state index is 0.0368. The summed E-state index contributed by atoms with van der Waals surface area (Å²) >= 11 is 0. The lowest BCUT2D eigenvalue weighted by Crippen LogP contribution is -2.76. The van der Waals surface area contributed by atoms with Crippen LogP contribution in [-0.4, -0.2) is 55.4 Å². The number of hydrogen-bond donors (Lipinski definition) is 0. The molecule has 1 saturated heterocycles. The van der Waals surface area contributed by atoms with Gasteiger partial charge in [0.25, 0.3) is 11.2 Å². The van der Waals surface area contributed by atoms with Crippen molar-refractivity contribution in [2.45, 2.75) is 74.1 Å². The average Bonchev–Trinajstić information content (AvgIpc) is 3.45. The van der Waals surface area contributed by atoms with E-state index in [0.29, 0.717) is 6.42 Å². The van der Waals surface area contributed by atoms with E-state index in [1.165, 1.54) is 0 Å². The van der Waals surface area contributed by atoms with Crippen molar-refractivity contribution in [2.75, 3.05) is 13.4 Å². The lowest BCUT2D eigenvalue weighted by Gasteiger charge is -2.57. The summed E-state index contributed by atoms with van der Waals surface area (Å²) in [7, 11) is 0. The molecular weight excluding hydrogens is 552 g/mol. The molecule has 0 amide bonds. The highest BCUT2D eigenvalue weighted by molar-refractivity contribution is 5.20. The van der Waals surface area contributed by atoms with Gasteiger partial charge in [-0.3, -0.25) is 0 Å². The molecule has 4 bridgehead atoms. The molecule has 8 atom stereocenters. The van der Waals surface area contributed by atoms with E-state index < -0.39 is 97.3 Å². The van der Waals surface area contributed by atoms with Crippen LogP contribution in [0.2, 0.25) is 0 Å². The number of alkyl halides is 12. The van der Waals surface area contributed by atoms with Crippen LogP contribution in [0.15, 0.2) is 12.2 Å². The Labute approximate surface area is 208 Å². The summed E-state index contributed by atoms with van der Waals surface area (Å²) in [5.74, 6) is -5.74. The van der Waals surface area contributed by atoms with E-state index in [9.17, 15) is 52.7 Å². The van der Waals surface area contributed by atoms with Crippen LogP contribution < -0.4 is 0 Å². The zero-order chi connectivity index (χ0) is 28.1. The van der Waals surface area contributed by atoms with Crippen LogP contribution in [0.25, 0.3) is 0 Å². The minimum atomic E-state index is -5.81. The van der Waals surface area contributed by atoms with Crippen LogP contribution in [-0.2, 0) is 14.2 Å². The third-order valence-corrected chi connectivity index (χ3v) is 9.31. The first-order chi connectivity index (χ1) is 17.3. The van der Waals surface area contributed by atoms with Crippen LogP contribution in [0.4, 0.5) is 52.7 Å². The van der Waals surface area contributed by atoms with Crippen LogP contribution >= 0.6 is 0 Å². The minimum Gasteiger partial charge on any atom is -0.355 e. The summed E-state index contributed by atoms with van der Waals surface area (Å²) in [6, 6.07) is 0. The van der Waals surface area contributed by atoms with Gasteiger partial charge in [-0.1, -0.05) is 12.2 Å². The van der Waals surface area contributed by atoms with E-state index in [0.717, 1.165) is 0 Å². The van der Waals surface area contributed by atoms with Crippen molar-refractivity contribution in [2.24, 2.45) is 41.4 Å². The quantitative estimate of drug-likeness (QED) is 0.142. The monoisotopic (exact) mass is 576 g/mol. The van der Waals surface area contributed by atoms with E-state index in [1.807, 2.05) is 0 Å². The lowest BCUT2D eigenvalue weighted by molar-refractivity contribution is -0.472. The maximum Gasteiger partial charge on any atom is 0.426 e. The van der Waals surface area contributed by atoms with Crippen molar-refractivity contribution in [3.05, 3.63) is 12.2 Å². The van der Waals surface area contributed by atoms with Gasteiger partial charge in [-0.05, 0) is 67.6 Å². The molecule has 4 aliphatic carbocycles. The second kappa shape index (κ2) is 8.64. The smallest absolute Gasteiger partial charge is 0.355 e. The molecule has 38 heavy (non-hydrogen) atoms. The van der Waals surface area contributed by atoms with E-state index in [-0.39, 0.29) is 25.2 Å². The number of hydrogen-bond acceptors (Lipinski definition) is 3. The van der Waals surface area contributed by atoms with E-state index >= 15 is 0 Å². The predicted octanol–water partition coefficient (Wildman–Crippen LogP) is 6.98. The number of rotatable bonds is 7. The zero-order valence-electron chi connectivity index (χ0n) is 19.5. The van der Waals surface area contributed by atoms with E-state index in [1.54, 1.807) is 12.2 Å². The van der Waals surface area contributed by atoms with E-state index in [2.05, 4.69) is 9.47 Å². The molecule has 0 radical (unpaired) electrons. The molecule has 8 unspecified atom stereocenters. The third kappa shape index (κ3) is 3.99. The maximum absolute atomic E-state index is 13.9. The molecule has 3 saturated carbocycles. The fourth-order valence-corrected chi connectivity index (χ4v) is 7.70. The van der Waals surface area contributed by atoms with Gasteiger partial charge in [-0.25, -0.2) is 0 Å². The summed E-state index contributed by atoms with van der Waals surface area (Å²) in [5, 5.41) is 0. The first kappa shape index (κ1) is 28.3. The second-order valence-corrected chi connectivity index (χ2v) is 11.2. The van der Waals surface area contributed by atoms with Crippen molar-refractivity contribution >= 4 is 0 Å². The molecule has 5 aliphatic rings. The van der Waals surface area contributed by atoms with Crippen molar-refractivity contribution in [3.8, 4) is 0 Å². The van der Waals surface area contributed by atoms with Crippen molar-refractivity contribution < 1.29 is 66.9 Å². The number of fused-ring (bicyclic) bond motifs is 7. The van der Waals surface area contributed by atoms with Gasteiger partial charge in [-0.15, -0.1) is 0 Å². The zero-order valence-corrected chi connectivity index (χ0v) is 19.5. The summed E-state index contributed by atoms with van der Waals surface area (Å²) in [6.07, 6.45) is -21.9. The number of ether oxygens (including phenoxy) is 3. The Morgan fingerprint density at radius 2 is 1.39 bits per heavy atom. The molecule has 1 heterocycles. The topological polar surface area (TPSA) is 27.7 Å². The Balaban J connectivity index is 1.21. The highest BCUT2D eigenvalue weighted by Crippen LogP contribution is 2.70. The van der Waals surface area contributed by atoms with Crippen LogP contribution in [0.1, 0.15) is 32.1 Å². The molecule has 4 fully saturated rings. The fourth-order valence-electron chi connectivity index (χ4n) is 7.70. The van der Waals surface area contributed by atoms with Crippen LogP contribution in [0, 0.1) is 41.4 Å². The molecule has 0 N–H and O–H groups in total. The predicted molar refractivity (Wildman–Crippen MR) is 103 cm³/mol. The Morgan fingerprint density at radius 1 is 0.763 bits per heavy atom. The van der Waals surface area contributed by atoms with Crippen molar-refractivity contribution in [3.63, 3.8) is 0 Å². The molecular formula is C23H24F12O3. The Kier molecular flexibility index (Phi) is 6.44. The van der Waals surface area contributed by atoms with Gasteiger partial charge in [0.15, 0.2) is 0 Å². The molecule has 0 aromatic rings. The largest absolute Gasteiger partial charge is 0.426 e. The summed E-state index contributed by atoms with van der Waals surface area (Å²) in [6.45, 7) is -1.88. The van der Waals surface area contributed by atoms with Gasteiger partial charge in [-0.2, -0.15) is 52.7 Å². The van der Waals surface area contributed by atoms with Gasteiger partial charge in [0.1, 0.15) is 6.79 Å². The summed E-state index contributed by atoms with van der Waals surface area (Å²) < 4.78 is 177. The fraction of sp³-hybridized carbons (Fsp3) is 0.913. The van der Waals surface area contributed by atoms with Gasteiger partial charge in [0.05, 0.1) is 12.7 Å². The third-order valence-electron chi connectivity index (χ3n) is 9.31. The number of halogens is 12. The SMILES string of the molecule is FC(F)(F)C(CC1CC2C=CC1C2)(OCOCC1CC2CC1C1OC(C(F)(F)F)(C(F)(F)F)C21)C(F)(F)F. The van der Waals surface area contributed by atoms with Gasteiger partial charge < -0.3 is 14.2 Å². The first-order valence-electron chi connectivity index (χ1n) is 12.2. The molecule has 5 rings (SSSR count). The maximum atomic E-state index is 13.9. The Morgan fingerprint density at radius 3 is 1.87 bits per heavy atom. The normalized spacial score (nSPS) is 38.1. The molecule has 3 nitrogen and oxygen atoms in total. The molecule has 218 valence electrons. The van der Waals surface area contributed by atoms with Gasteiger partial charge in [0.2, 0.25) is 0 Å². The van der Waals surface area contributed by atoms with E-state index in [4.69, 9.17) is 4.74 Å². The molecule has 0 spiro atoms. The standard InChI is InChI=1S/C23H24F12O3/c24-20(25,26)18(21(27,28)29,7-13-4-10-1-2-11(13)3-10)37-9-36-8-14-5-12-6-15(14)17-16(12)19(38-17,22(30,31)32)23(33,34)35/h1-2,10-17H,3-9H2. The molecule has 0 aromatic heterocycles. The van der Waals surface area contributed by atoms with Gasteiger partial charge >= 0.3 is 24.7 Å². The molecule has 1 aliphatic heterocycles. The van der Waals surface area contributed by atoms with Crippen LogP contribution in [0.5, 0.6) is 0 Å². The highest BCUT2D eigenvalue weighted by atomic mass is 19.4.